The molecule has 3 aromatic rings. The Balaban J connectivity index is 2.45. The van der Waals surface area contributed by atoms with Gasteiger partial charge in [-0.15, -0.1) is 0 Å². The number of nitrogens with two attached hydrogens (primary N) is 1. The molecular formula is C21H29N3O2. The van der Waals surface area contributed by atoms with Gasteiger partial charge in [0.2, 0.25) is 0 Å². The van der Waals surface area contributed by atoms with Gasteiger partial charge >= 0.3 is 0 Å². The van der Waals surface area contributed by atoms with Crippen LogP contribution in [0.3, 0.4) is 0 Å². The second-order valence-electron chi connectivity index (χ2n) is 7.94. The number of hydrogen-bond donors (Lipinski definition) is 2. The van der Waals surface area contributed by atoms with Crippen molar-refractivity contribution in [2.45, 2.75) is 58.6 Å². The second kappa shape index (κ2) is 6.56. The molecule has 1 aromatic carbocycles. The molecule has 2 heterocycles. The van der Waals surface area contributed by atoms with Gasteiger partial charge in [0, 0.05) is 35.0 Å². The molecule has 140 valence electrons. The van der Waals surface area contributed by atoms with Crippen LogP contribution in [0.15, 0.2) is 28.8 Å². The quantitative estimate of drug-likeness (QED) is 0.716. The molecular weight excluding hydrogens is 326 g/mol. The highest BCUT2D eigenvalue weighted by Gasteiger charge is 2.34. The number of para-hydroxylation sites is 1. The van der Waals surface area contributed by atoms with Crippen LogP contribution in [-0.4, -0.2) is 20.4 Å². The highest BCUT2D eigenvalue weighted by Crippen LogP contribution is 2.43. The summed E-state index contributed by atoms with van der Waals surface area (Å²) in [6, 6.07) is 8.10. The third kappa shape index (κ3) is 2.85. The minimum atomic E-state index is -0.816. The normalized spacial score (nSPS) is 13.7. The van der Waals surface area contributed by atoms with Gasteiger partial charge < -0.3 is 19.9 Å². The first-order valence-electron chi connectivity index (χ1n) is 9.21. The zero-order valence-electron chi connectivity index (χ0n) is 16.5. The minimum Gasteiger partial charge on any atom is -0.386 e. The second-order valence-corrected chi connectivity index (χ2v) is 7.94. The molecule has 3 N–H and O–H groups in total. The van der Waals surface area contributed by atoms with E-state index in [-0.39, 0.29) is 5.92 Å². The fraction of sp³-hybridized carbons (Fsp3) is 0.476. The third-order valence-electron chi connectivity index (χ3n) is 5.01. The molecule has 0 bridgehead atoms. The Morgan fingerprint density at radius 2 is 1.92 bits per heavy atom. The predicted molar refractivity (Wildman–Crippen MR) is 105 cm³/mol. The fourth-order valence-corrected chi connectivity index (χ4v) is 3.60. The number of aryl methyl sites for hydroxylation is 2. The maximum absolute atomic E-state index is 11.2. The topological polar surface area (TPSA) is 77.2 Å². The van der Waals surface area contributed by atoms with Gasteiger partial charge in [0.1, 0.15) is 5.76 Å². The van der Waals surface area contributed by atoms with Gasteiger partial charge in [-0.2, -0.15) is 0 Å². The van der Waals surface area contributed by atoms with Crippen molar-refractivity contribution in [2.24, 2.45) is 12.8 Å². The van der Waals surface area contributed by atoms with Crippen LogP contribution >= 0.6 is 0 Å². The van der Waals surface area contributed by atoms with Crippen LogP contribution in [0, 0.1) is 0 Å². The van der Waals surface area contributed by atoms with Crippen molar-refractivity contribution < 1.29 is 9.63 Å². The lowest BCUT2D eigenvalue weighted by molar-refractivity contribution is 0.106. The molecule has 3 rings (SSSR count). The first kappa shape index (κ1) is 18.7. The summed E-state index contributed by atoms with van der Waals surface area (Å²) < 4.78 is 7.82. The summed E-state index contributed by atoms with van der Waals surface area (Å²) in [6.45, 7) is 9.95. The first-order valence-corrected chi connectivity index (χ1v) is 9.21. The van der Waals surface area contributed by atoms with Crippen LogP contribution in [0.5, 0.6) is 0 Å². The average molecular weight is 355 g/mol. The predicted octanol–water partition coefficient (Wildman–Crippen LogP) is 4.29. The molecule has 0 aliphatic rings. The molecule has 2 aromatic heterocycles. The highest BCUT2D eigenvalue weighted by molar-refractivity contribution is 5.93. The lowest BCUT2D eigenvalue weighted by Crippen LogP contribution is -2.39. The molecule has 26 heavy (non-hydrogen) atoms. The monoisotopic (exact) mass is 355 g/mol. The largest absolute Gasteiger partial charge is 0.386 e. The number of aliphatic hydroxyl groups is 1. The van der Waals surface area contributed by atoms with Gasteiger partial charge in [-0.1, -0.05) is 44.1 Å². The van der Waals surface area contributed by atoms with Gasteiger partial charge in [-0.3, -0.25) is 0 Å². The molecule has 5 nitrogen and oxygen atoms in total. The van der Waals surface area contributed by atoms with E-state index in [4.69, 9.17) is 10.3 Å². The molecule has 0 radical (unpaired) electrons. The SMILES string of the molecule is CCc1noc(C(C)C)c1-c1c(C(O)C(C)(C)N)c2ccccc2n1C. The maximum Gasteiger partial charge on any atom is 0.148 e. The van der Waals surface area contributed by atoms with E-state index >= 15 is 0 Å². The first-order chi connectivity index (χ1) is 12.2. The van der Waals surface area contributed by atoms with Gasteiger partial charge in [-0.05, 0) is 26.3 Å². The van der Waals surface area contributed by atoms with Gasteiger partial charge in [0.15, 0.2) is 0 Å². The summed E-state index contributed by atoms with van der Waals surface area (Å²) >= 11 is 0. The zero-order valence-corrected chi connectivity index (χ0v) is 16.5. The van der Waals surface area contributed by atoms with Crippen molar-refractivity contribution in [1.82, 2.24) is 9.72 Å². The summed E-state index contributed by atoms with van der Waals surface area (Å²) in [6.07, 6.45) is -0.0579. The summed E-state index contributed by atoms with van der Waals surface area (Å²) in [5.41, 5.74) is 10.3. The Bertz CT molecular complexity index is 929. The lowest BCUT2D eigenvalue weighted by Gasteiger charge is -2.27. The van der Waals surface area contributed by atoms with Crippen molar-refractivity contribution in [1.29, 1.82) is 0 Å². The number of nitrogens with zero attached hydrogens (tertiary/aromatic N) is 2. The minimum absolute atomic E-state index is 0.187. The van der Waals surface area contributed by atoms with E-state index in [1.165, 1.54) is 0 Å². The number of benzene rings is 1. The van der Waals surface area contributed by atoms with E-state index in [1.54, 1.807) is 0 Å². The zero-order chi connectivity index (χ0) is 19.2. The Morgan fingerprint density at radius 1 is 1.27 bits per heavy atom. The van der Waals surface area contributed by atoms with E-state index in [1.807, 2.05) is 39.1 Å². The van der Waals surface area contributed by atoms with Gasteiger partial charge in [0.05, 0.1) is 23.1 Å². The smallest absolute Gasteiger partial charge is 0.148 e. The van der Waals surface area contributed by atoms with Gasteiger partial charge in [0.25, 0.3) is 0 Å². The van der Waals surface area contributed by atoms with E-state index in [2.05, 4.69) is 36.6 Å². The summed E-state index contributed by atoms with van der Waals surface area (Å²) in [4.78, 5) is 0. The number of hydrogen-bond acceptors (Lipinski definition) is 4. The standard InChI is InChI=1S/C21H29N3O2/c1-7-14-17(19(12(2)3)26-23-14)18-16(20(25)21(4,5)22)13-10-8-9-11-15(13)24(18)6/h8-12,20,25H,7,22H2,1-6H3. The fourth-order valence-electron chi connectivity index (χ4n) is 3.60. The van der Waals surface area contributed by atoms with Crippen LogP contribution in [0.25, 0.3) is 22.2 Å². The number of aliphatic hydroxyl groups excluding tert-OH is 1. The molecule has 0 fully saturated rings. The van der Waals surface area contributed by atoms with Crippen LogP contribution in [0.1, 0.15) is 63.7 Å². The highest BCUT2D eigenvalue weighted by atomic mass is 16.5. The Hall–Kier alpha value is -2.11. The molecule has 0 saturated carbocycles. The van der Waals surface area contributed by atoms with Crippen molar-refractivity contribution in [3.63, 3.8) is 0 Å². The average Bonchev–Trinajstić information content (AvgIpc) is 3.12. The Morgan fingerprint density at radius 3 is 2.50 bits per heavy atom. The number of fused-ring (bicyclic) bond motifs is 1. The molecule has 0 aliphatic carbocycles. The number of aromatic nitrogens is 2. The molecule has 0 saturated heterocycles. The Kier molecular flexibility index (Phi) is 4.71. The molecule has 5 heteroatoms. The van der Waals surface area contributed by atoms with Crippen molar-refractivity contribution in [2.75, 3.05) is 0 Å². The van der Waals surface area contributed by atoms with Crippen molar-refractivity contribution in [3.05, 3.63) is 41.3 Å². The van der Waals surface area contributed by atoms with Crippen molar-refractivity contribution in [3.8, 4) is 11.3 Å². The maximum atomic E-state index is 11.2. The van der Waals surface area contributed by atoms with E-state index in [9.17, 15) is 5.11 Å². The van der Waals surface area contributed by atoms with Crippen molar-refractivity contribution >= 4 is 10.9 Å². The third-order valence-corrected chi connectivity index (χ3v) is 5.01. The van der Waals surface area contributed by atoms with E-state index < -0.39 is 11.6 Å². The summed E-state index contributed by atoms with van der Waals surface area (Å²) in [7, 11) is 2.02. The van der Waals surface area contributed by atoms with Crippen LogP contribution < -0.4 is 5.73 Å². The van der Waals surface area contributed by atoms with Gasteiger partial charge in [-0.25, -0.2) is 0 Å². The summed E-state index contributed by atoms with van der Waals surface area (Å²) in [5.74, 6) is 1.03. The van der Waals surface area contributed by atoms with Crippen LogP contribution in [0.4, 0.5) is 0 Å². The Labute approximate surface area is 154 Å². The van der Waals surface area contributed by atoms with E-state index in [0.717, 1.165) is 45.6 Å². The molecule has 1 unspecified atom stereocenters. The molecule has 0 spiro atoms. The molecule has 1 atom stereocenters. The molecule has 0 aliphatic heterocycles. The molecule has 0 amide bonds. The summed E-state index contributed by atoms with van der Waals surface area (Å²) in [5, 5.41) is 16.5. The van der Waals surface area contributed by atoms with E-state index in [0.29, 0.717) is 0 Å². The van der Waals surface area contributed by atoms with Crippen LogP contribution in [-0.2, 0) is 13.5 Å². The van der Waals surface area contributed by atoms with Crippen LogP contribution in [0.2, 0.25) is 0 Å². The lowest BCUT2D eigenvalue weighted by atomic mass is 9.87. The number of rotatable bonds is 5.